The van der Waals surface area contributed by atoms with E-state index in [0.717, 1.165) is 11.1 Å². The number of aliphatic hydroxyl groups excluding tert-OH is 1. The summed E-state index contributed by atoms with van der Waals surface area (Å²) < 4.78 is 0. The van der Waals surface area contributed by atoms with Gasteiger partial charge in [-0.2, -0.15) is 6.41 Å². The molecule has 2 amide bonds. The standard InChI is InChI=1S/C12H15N2O3.Fm/c15-6-5-14-12(17)7-10-3-1-2-4-11(10)8-13-9-16;/h1-4,15H,5-8H2,(H,13,16)(H,14,17);/q-1;. The number of carbonyl (C=O) groups is 1. The van der Waals surface area contributed by atoms with Gasteiger partial charge in [0.15, 0.2) is 0 Å². The Hall–Kier alpha value is -2.88. The van der Waals surface area contributed by atoms with Crippen LogP contribution < -0.4 is 10.6 Å². The van der Waals surface area contributed by atoms with Crippen molar-refractivity contribution >= 4 is 12.3 Å². The van der Waals surface area contributed by atoms with Gasteiger partial charge in [0.1, 0.15) is 0 Å². The molecule has 104 valence electrons. The van der Waals surface area contributed by atoms with Gasteiger partial charge in [-0.05, 0) is 11.1 Å². The van der Waals surface area contributed by atoms with Crippen molar-refractivity contribution in [3.05, 3.63) is 35.4 Å². The molecule has 0 heterocycles. The maximum atomic E-state index is 11.5. The van der Waals surface area contributed by atoms with Crippen LogP contribution in [0.3, 0.4) is 0 Å². The third kappa shape index (κ3) is 4.76. The van der Waals surface area contributed by atoms with E-state index < -0.39 is 0 Å². The largest absolute Gasteiger partial charge is 0.526 e. The van der Waals surface area contributed by atoms with E-state index in [-0.39, 0.29) is 25.5 Å². The summed E-state index contributed by atoms with van der Waals surface area (Å²) in [6.45, 7) is 0.531. The van der Waals surface area contributed by atoms with Crippen LogP contribution in [0.5, 0.6) is 0 Å². The third-order valence-electron chi connectivity index (χ3n) is 2.25. The average Bonchev–Trinajstić information content (AvgIpc) is 2.35. The number of hydrogen-bond donors (Lipinski definition) is 3. The smallest absolute Gasteiger partial charge is 0.224 e. The SMILES string of the molecule is O=[C-]NCc1ccccc1CC(=O)NCCO.[Fm]. The van der Waals surface area contributed by atoms with Crippen molar-refractivity contribution in [1.82, 2.24) is 10.6 Å². The molecule has 1 aromatic carbocycles. The number of benzene rings is 1. The fourth-order valence-corrected chi connectivity index (χ4v) is 1.46. The molecule has 0 bridgehead atoms. The average molecular weight is 492 g/mol. The molecule has 0 fully saturated rings. The van der Waals surface area contributed by atoms with Gasteiger partial charge >= 0.3 is 0 Å². The summed E-state index contributed by atoms with van der Waals surface area (Å²) in [5, 5.41) is 13.6. The van der Waals surface area contributed by atoms with E-state index in [1.54, 1.807) is 6.41 Å². The first-order chi connectivity index (χ1) is 8.27. The van der Waals surface area contributed by atoms with Gasteiger partial charge in [-0.3, -0.25) is 4.79 Å². The summed E-state index contributed by atoms with van der Waals surface area (Å²) in [4.78, 5) is 21.6. The molecule has 0 unspecified atom stereocenters. The maximum Gasteiger partial charge on any atom is 0.224 e. The van der Waals surface area contributed by atoms with E-state index in [1.807, 2.05) is 24.3 Å². The summed E-state index contributed by atoms with van der Waals surface area (Å²) in [5.41, 5.74) is 1.74. The van der Waals surface area contributed by atoms with Crippen molar-refractivity contribution in [2.75, 3.05) is 13.2 Å². The molecule has 0 atom stereocenters. The monoisotopic (exact) mass is 492 g/mol. The van der Waals surface area contributed by atoms with Gasteiger partial charge in [0, 0.05) is 13.1 Å². The van der Waals surface area contributed by atoms with Gasteiger partial charge in [0.2, 0.25) is 5.91 Å². The topological polar surface area (TPSA) is 78.4 Å². The van der Waals surface area contributed by atoms with Crippen LogP contribution in [0.25, 0.3) is 0 Å². The van der Waals surface area contributed by atoms with Gasteiger partial charge < -0.3 is 20.5 Å². The number of carbonyl (C=O) groups excluding carboxylic acids is 2. The maximum absolute atomic E-state index is 11.5. The first kappa shape index (κ1) is 15.1. The second-order valence-electron chi connectivity index (χ2n) is 3.47. The second-order valence-corrected chi connectivity index (χ2v) is 3.47. The molecule has 1 aromatic rings. The van der Waals surface area contributed by atoms with E-state index in [1.165, 1.54) is 0 Å². The number of rotatable bonds is 7. The number of hydrogen-bond acceptors (Lipinski definition) is 3. The summed E-state index contributed by atoms with van der Waals surface area (Å²) in [7, 11) is 0. The van der Waals surface area contributed by atoms with Gasteiger partial charge in [0.25, 0.3) is 0 Å². The molecule has 5 nitrogen and oxygen atoms in total. The van der Waals surface area contributed by atoms with Gasteiger partial charge in [-0.1, -0.05) is 24.3 Å². The first-order valence-corrected chi connectivity index (χ1v) is 5.32. The van der Waals surface area contributed by atoms with Gasteiger partial charge in [-0.25, -0.2) is 0 Å². The van der Waals surface area contributed by atoms with E-state index >= 15 is 0 Å². The van der Waals surface area contributed by atoms with Crippen LogP contribution >= 0.6 is 0 Å². The molecular weight excluding hydrogens is 477 g/mol. The number of amides is 2. The van der Waals surface area contributed by atoms with Crippen molar-refractivity contribution in [1.29, 1.82) is 0 Å². The summed E-state index contributed by atoms with van der Waals surface area (Å²) in [6.07, 6.45) is 1.83. The van der Waals surface area contributed by atoms with Crippen LogP contribution in [-0.4, -0.2) is 30.6 Å². The molecule has 0 aliphatic rings. The van der Waals surface area contributed by atoms with Crippen LogP contribution in [-0.2, 0) is 22.6 Å². The Morgan fingerprint density at radius 3 is 2.56 bits per heavy atom. The minimum Gasteiger partial charge on any atom is -0.526 e. The van der Waals surface area contributed by atoms with Gasteiger partial charge in [0.05, 0.1) is 13.0 Å². The molecule has 0 saturated heterocycles. The Morgan fingerprint density at radius 2 is 1.94 bits per heavy atom. The molecule has 0 saturated carbocycles. The fraction of sp³-hybridized carbons (Fsp3) is 0.333. The van der Waals surface area contributed by atoms with E-state index in [4.69, 9.17) is 5.11 Å². The molecule has 0 aromatic heterocycles. The Bertz CT molecular complexity index is 385. The predicted octanol–water partition coefficient (Wildman–Crippen LogP) is -0.506. The zero-order valence-electron chi connectivity index (χ0n) is 9.69. The quantitative estimate of drug-likeness (QED) is 0.355. The van der Waals surface area contributed by atoms with Crippen molar-refractivity contribution in [2.45, 2.75) is 13.0 Å². The van der Waals surface area contributed by atoms with Crippen molar-refractivity contribution in [3.8, 4) is 0 Å². The van der Waals surface area contributed by atoms with Crippen LogP contribution in [0.15, 0.2) is 24.3 Å². The molecule has 18 heavy (non-hydrogen) atoms. The zero-order chi connectivity index (χ0) is 12.5. The Morgan fingerprint density at radius 1 is 1.28 bits per heavy atom. The van der Waals surface area contributed by atoms with Crippen LogP contribution in [0.1, 0.15) is 11.1 Å². The second kappa shape index (κ2) is 8.29. The molecule has 3 N–H and O–H groups in total. The van der Waals surface area contributed by atoms with E-state index in [9.17, 15) is 9.59 Å². The Balaban J connectivity index is 0.00000289. The van der Waals surface area contributed by atoms with Gasteiger partial charge in [-0.15, -0.1) is 0 Å². The van der Waals surface area contributed by atoms with Crippen molar-refractivity contribution < 1.29 is 14.7 Å². The molecule has 6 heteroatoms. The van der Waals surface area contributed by atoms with E-state index in [2.05, 4.69) is 10.6 Å². The minimum atomic E-state index is -0.151. The molecule has 0 spiro atoms. The molecule has 0 aliphatic carbocycles. The predicted molar refractivity (Wildman–Crippen MR) is 62.8 cm³/mol. The van der Waals surface area contributed by atoms with Crippen LogP contribution in [0.2, 0.25) is 0 Å². The molecule has 1 rings (SSSR count). The van der Waals surface area contributed by atoms with Crippen LogP contribution in [0, 0.1) is 0 Å². The normalized spacial score (nSPS) is 9.17. The molecule has 0 radical (unpaired) electrons. The summed E-state index contributed by atoms with van der Waals surface area (Å²) in [6, 6.07) is 7.36. The summed E-state index contributed by atoms with van der Waals surface area (Å²) >= 11 is 0. The first-order valence-electron chi connectivity index (χ1n) is 5.32. The third-order valence-corrected chi connectivity index (χ3v) is 2.25. The number of aliphatic hydroxyl groups is 1. The van der Waals surface area contributed by atoms with E-state index in [0.29, 0.717) is 6.54 Å². The molecular formula is C12H15FmN2O3-. The fourth-order valence-electron chi connectivity index (χ4n) is 1.46. The van der Waals surface area contributed by atoms with Crippen LogP contribution in [0.4, 0.5) is 0 Å². The Labute approximate surface area is 99.8 Å². The minimum absolute atomic E-state index is 0. The zero-order valence-corrected chi connectivity index (χ0v) is 12.1. The Kier molecular flexibility index (Phi) is 6.97. The summed E-state index contributed by atoms with van der Waals surface area (Å²) in [5.74, 6) is -0.151. The molecule has 0 aliphatic heterocycles. The van der Waals surface area contributed by atoms with Crippen molar-refractivity contribution in [2.24, 2.45) is 0 Å². The van der Waals surface area contributed by atoms with Crippen molar-refractivity contribution in [3.63, 3.8) is 0 Å². The number of nitrogens with one attached hydrogen (secondary N) is 2.